The Morgan fingerprint density at radius 3 is 2.69 bits per heavy atom. The lowest BCUT2D eigenvalue weighted by atomic mass is 10.1. The first kappa shape index (κ1) is 23.1. The van der Waals surface area contributed by atoms with E-state index >= 15 is 0 Å². The number of aliphatic imine (C=N–C) groups is 1. The molecule has 29 heavy (non-hydrogen) atoms. The van der Waals surface area contributed by atoms with Crippen molar-refractivity contribution in [1.29, 1.82) is 0 Å². The highest BCUT2D eigenvalue weighted by atomic mass is 127. The van der Waals surface area contributed by atoms with Crippen LogP contribution in [0.2, 0.25) is 0 Å². The van der Waals surface area contributed by atoms with Crippen LogP contribution in [0.5, 0.6) is 17.2 Å². The lowest BCUT2D eigenvalue weighted by molar-refractivity contribution is 0.297. The summed E-state index contributed by atoms with van der Waals surface area (Å²) < 4.78 is 16.9. The topological polar surface area (TPSA) is 77.0 Å². The van der Waals surface area contributed by atoms with Gasteiger partial charge in [0.1, 0.15) is 5.75 Å². The number of guanidine groups is 1. The first-order valence-electron chi connectivity index (χ1n) is 9.56. The Bertz CT molecular complexity index is 858. The van der Waals surface area contributed by atoms with E-state index in [-0.39, 0.29) is 24.0 Å². The number of anilines is 1. The average Bonchev–Trinajstić information content (AvgIpc) is 2.93. The number of hydrogen-bond donors (Lipinski definition) is 2. The van der Waals surface area contributed by atoms with Gasteiger partial charge in [0.05, 0.1) is 32.6 Å². The molecule has 3 rings (SSSR count). The molecule has 0 unspecified atom stereocenters. The third kappa shape index (κ3) is 5.88. The van der Waals surface area contributed by atoms with Gasteiger partial charge in [-0.3, -0.25) is 4.98 Å². The Morgan fingerprint density at radius 2 is 1.97 bits per heavy atom. The van der Waals surface area contributed by atoms with Crippen LogP contribution in [0.15, 0.2) is 29.4 Å². The fourth-order valence-electron chi connectivity index (χ4n) is 3.07. The molecule has 158 valence electrons. The van der Waals surface area contributed by atoms with Crippen LogP contribution < -0.4 is 24.8 Å². The number of fused-ring (bicyclic) bond motifs is 1. The number of aryl methyl sites for hydroxylation is 1. The molecule has 0 amide bonds. The summed E-state index contributed by atoms with van der Waals surface area (Å²) in [4.78, 5) is 9.19. The van der Waals surface area contributed by atoms with E-state index in [1.165, 1.54) is 0 Å². The minimum absolute atomic E-state index is 0. The number of halogens is 1. The molecule has 1 aromatic carbocycles. The van der Waals surface area contributed by atoms with Gasteiger partial charge in [0.2, 0.25) is 0 Å². The van der Waals surface area contributed by atoms with Crippen LogP contribution in [0.25, 0.3) is 0 Å². The monoisotopic (exact) mass is 512 g/mol. The third-order valence-electron chi connectivity index (χ3n) is 4.49. The Morgan fingerprint density at radius 1 is 1.21 bits per heavy atom. The van der Waals surface area contributed by atoms with Crippen molar-refractivity contribution in [1.82, 2.24) is 10.3 Å². The second kappa shape index (κ2) is 11.1. The summed E-state index contributed by atoms with van der Waals surface area (Å²) >= 11 is 0. The third-order valence-corrected chi connectivity index (χ3v) is 4.49. The van der Waals surface area contributed by atoms with Crippen molar-refractivity contribution in [3.8, 4) is 17.2 Å². The van der Waals surface area contributed by atoms with Crippen LogP contribution in [0.1, 0.15) is 30.2 Å². The Hall–Kier alpha value is -2.23. The van der Waals surface area contributed by atoms with Crippen LogP contribution in [-0.4, -0.2) is 37.8 Å². The molecule has 7 nitrogen and oxygen atoms in total. The summed E-state index contributed by atoms with van der Waals surface area (Å²) in [7, 11) is 1.68. The fraction of sp³-hybridized carbons (Fsp3) is 0.429. The number of ether oxygens (including phenoxy) is 3. The SMILES string of the molecule is CCNC(=NCc1ncc(C)c(OC)c1C)Nc1ccc2c(c1)OCCCO2.I. The van der Waals surface area contributed by atoms with Crippen LogP contribution in [0.3, 0.4) is 0 Å². The van der Waals surface area contributed by atoms with E-state index in [0.29, 0.717) is 25.7 Å². The molecule has 0 bridgehead atoms. The highest BCUT2D eigenvalue weighted by molar-refractivity contribution is 14.0. The minimum Gasteiger partial charge on any atom is -0.496 e. The molecule has 0 atom stereocenters. The number of aromatic nitrogens is 1. The van der Waals surface area contributed by atoms with Crippen molar-refractivity contribution in [3.05, 3.63) is 41.2 Å². The average molecular weight is 512 g/mol. The quantitative estimate of drug-likeness (QED) is 0.358. The van der Waals surface area contributed by atoms with Gasteiger partial charge >= 0.3 is 0 Å². The van der Waals surface area contributed by atoms with Crippen LogP contribution in [0.4, 0.5) is 5.69 Å². The lowest BCUT2D eigenvalue weighted by Crippen LogP contribution is -2.30. The normalized spacial score (nSPS) is 13.2. The second-order valence-electron chi connectivity index (χ2n) is 6.58. The molecule has 0 saturated heterocycles. The highest BCUT2D eigenvalue weighted by Crippen LogP contribution is 2.32. The smallest absolute Gasteiger partial charge is 0.196 e. The van der Waals surface area contributed by atoms with E-state index in [1.54, 1.807) is 7.11 Å². The van der Waals surface area contributed by atoms with E-state index in [9.17, 15) is 0 Å². The zero-order valence-corrected chi connectivity index (χ0v) is 19.7. The van der Waals surface area contributed by atoms with Gasteiger partial charge in [0.25, 0.3) is 0 Å². The predicted molar refractivity (Wildman–Crippen MR) is 126 cm³/mol. The van der Waals surface area contributed by atoms with E-state index in [0.717, 1.165) is 52.7 Å². The number of methoxy groups -OCH3 is 1. The molecule has 1 aliphatic heterocycles. The molecule has 0 fully saturated rings. The standard InChI is InChI=1S/C21H28N4O3.HI/c1-5-22-21(24-13-17-15(3)20(26-4)14(2)12-23-17)25-16-7-8-18-19(11-16)28-10-6-9-27-18;/h7-8,11-12H,5-6,9-10,13H2,1-4H3,(H2,22,24,25);1H. The van der Waals surface area contributed by atoms with Gasteiger partial charge in [-0.25, -0.2) is 4.99 Å². The molecule has 1 aromatic heterocycles. The highest BCUT2D eigenvalue weighted by Gasteiger charge is 2.12. The van der Waals surface area contributed by atoms with E-state index in [2.05, 4.69) is 20.6 Å². The Labute approximate surface area is 189 Å². The Balaban J connectivity index is 0.00000300. The summed E-state index contributed by atoms with van der Waals surface area (Å²) in [6.45, 7) is 8.56. The van der Waals surface area contributed by atoms with Gasteiger partial charge in [-0.15, -0.1) is 24.0 Å². The zero-order valence-electron chi connectivity index (χ0n) is 17.4. The number of nitrogens with one attached hydrogen (secondary N) is 2. The number of nitrogens with zero attached hydrogens (tertiary/aromatic N) is 2. The maximum atomic E-state index is 5.76. The molecule has 0 radical (unpaired) electrons. The van der Waals surface area contributed by atoms with Crippen molar-refractivity contribution >= 4 is 35.6 Å². The number of benzene rings is 1. The van der Waals surface area contributed by atoms with Crippen molar-refractivity contribution in [2.24, 2.45) is 4.99 Å². The molecule has 0 aliphatic carbocycles. The molecule has 2 heterocycles. The summed E-state index contributed by atoms with van der Waals surface area (Å²) in [6, 6.07) is 5.81. The largest absolute Gasteiger partial charge is 0.496 e. The molecular formula is C21H29IN4O3. The fourth-order valence-corrected chi connectivity index (χ4v) is 3.07. The maximum Gasteiger partial charge on any atom is 0.196 e. The van der Waals surface area contributed by atoms with Gasteiger partial charge < -0.3 is 24.8 Å². The first-order valence-corrected chi connectivity index (χ1v) is 9.56. The second-order valence-corrected chi connectivity index (χ2v) is 6.58. The van der Waals surface area contributed by atoms with Crippen molar-refractivity contribution in [2.75, 3.05) is 32.2 Å². The van der Waals surface area contributed by atoms with Crippen LogP contribution in [-0.2, 0) is 6.54 Å². The van der Waals surface area contributed by atoms with Crippen LogP contribution in [0, 0.1) is 13.8 Å². The molecule has 8 heteroatoms. The summed E-state index contributed by atoms with van der Waals surface area (Å²) in [6.07, 6.45) is 2.70. The molecule has 2 N–H and O–H groups in total. The number of hydrogen-bond acceptors (Lipinski definition) is 5. The lowest BCUT2D eigenvalue weighted by Gasteiger charge is -2.14. The molecule has 0 spiro atoms. The van der Waals surface area contributed by atoms with Gasteiger partial charge in [-0.2, -0.15) is 0 Å². The minimum atomic E-state index is 0. The first-order chi connectivity index (χ1) is 13.6. The summed E-state index contributed by atoms with van der Waals surface area (Å²) in [5, 5.41) is 6.59. The summed E-state index contributed by atoms with van der Waals surface area (Å²) in [5.41, 5.74) is 3.80. The van der Waals surface area contributed by atoms with E-state index < -0.39 is 0 Å². The van der Waals surface area contributed by atoms with Gasteiger partial charge in [-0.1, -0.05) is 0 Å². The van der Waals surface area contributed by atoms with Gasteiger partial charge in [-0.05, 0) is 32.9 Å². The van der Waals surface area contributed by atoms with Crippen molar-refractivity contribution in [2.45, 2.75) is 33.7 Å². The molecular weight excluding hydrogens is 483 g/mol. The molecule has 2 aromatic rings. The number of pyridine rings is 1. The Kier molecular flexibility index (Phi) is 8.81. The predicted octanol–water partition coefficient (Wildman–Crippen LogP) is 4.06. The van der Waals surface area contributed by atoms with Crippen LogP contribution >= 0.6 is 24.0 Å². The van der Waals surface area contributed by atoms with Crippen molar-refractivity contribution < 1.29 is 14.2 Å². The molecule has 0 saturated carbocycles. The summed E-state index contributed by atoms with van der Waals surface area (Å²) in [5.74, 6) is 3.06. The van der Waals surface area contributed by atoms with Gasteiger partial charge in [0.15, 0.2) is 17.5 Å². The van der Waals surface area contributed by atoms with Gasteiger partial charge in [0, 0.05) is 42.0 Å². The van der Waals surface area contributed by atoms with Crippen molar-refractivity contribution in [3.63, 3.8) is 0 Å². The maximum absolute atomic E-state index is 5.76. The van der Waals surface area contributed by atoms with E-state index in [4.69, 9.17) is 14.2 Å². The zero-order chi connectivity index (χ0) is 19.9. The number of rotatable bonds is 5. The molecule has 1 aliphatic rings. The van der Waals surface area contributed by atoms with E-state index in [1.807, 2.05) is 45.2 Å².